The predicted octanol–water partition coefficient (Wildman–Crippen LogP) is 0.923. The molecule has 14 heavy (non-hydrogen) atoms. The summed E-state index contributed by atoms with van der Waals surface area (Å²) in [5, 5.41) is 8.95. The van der Waals surface area contributed by atoms with Crippen molar-refractivity contribution in [2.75, 3.05) is 0 Å². The van der Waals surface area contributed by atoms with E-state index in [1.165, 1.54) is 0 Å². The Morgan fingerprint density at radius 3 is 2.79 bits per heavy atom. The molecule has 0 saturated carbocycles. The zero-order valence-corrected chi connectivity index (χ0v) is 7.04. The Bertz CT molecular complexity index is 559. The third kappa shape index (κ3) is 1.15. The van der Waals surface area contributed by atoms with Gasteiger partial charge in [0.2, 0.25) is 0 Å². The van der Waals surface area contributed by atoms with E-state index in [9.17, 15) is 9.59 Å². The first-order valence-electron chi connectivity index (χ1n) is 3.90. The number of para-hydroxylation sites is 1. The monoisotopic (exact) mass is 190 g/mol. The van der Waals surface area contributed by atoms with E-state index in [-0.39, 0.29) is 0 Å². The molecule has 1 N–H and O–H groups in total. The molecule has 2 aromatic rings. The maximum Gasteiger partial charge on any atom is 0.419 e. The van der Waals surface area contributed by atoms with Gasteiger partial charge in [0, 0.05) is 0 Å². The lowest BCUT2D eigenvalue weighted by atomic mass is 10.2. The van der Waals surface area contributed by atoms with Crippen LogP contribution in [0.15, 0.2) is 35.4 Å². The second-order valence-corrected chi connectivity index (χ2v) is 2.72. The number of fused-ring (bicyclic) bond motifs is 1. The van der Waals surface area contributed by atoms with Crippen LogP contribution in [-0.2, 0) is 0 Å². The maximum absolute atomic E-state index is 11.5. The Hall–Kier alpha value is -2.17. The van der Waals surface area contributed by atoms with Crippen molar-refractivity contribution in [2.24, 2.45) is 0 Å². The van der Waals surface area contributed by atoms with Crippen LogP contribution in [-0.4, -0.2) is 20.8 Å². The van der Waals surface area contributed by atoms with Gasteiger partial charge in [-0.25, -0.2) is 14.3 Å². The average Bonchev–Trinajstić information content (AvgIpc) is 2.18. The lowest BCUT2D eigenvalue weighted by molar-refractivity contribution is 0.195. The standard InChI is InChI=1S/C9H6N2O3/c12-8-6-3-1-2-4-7(6)10-5-11(8)9(13)14/h1-5H,(H,13,14). The summed E-state index contributed by atoms with van der Waals surface area (Å²) in [6, 6.07) is 6.60. The van der Waals surface area contributed by atoms with Crippen molar-refractivity contribution in [2.45, 2.75) is 0 Å². The van der Waals surface area contributed by atoms with E-state index in [0.29, 0.717) is 15.5 Å². The van der Waals surface area contributed by atoms with Gasteiger partial charge in [0.15, 0.2) is 0 Å². The molecule has 0 radical (unpaired) electrons. The van der Waals surface area contributed by atoms with E-state index in [1.54, 1.807) is 24.3 Å². The third-order valence-corrected chi connectivity index (χ3v) is 1.87. The van der Waals surface area contributed by atoms with Crippen molar-refractivity contribution in [3.05, 3.63) is 40.9 Å². The van der Waals surface area contributed by atoms with Crippen LogP contribution in [0.5, 0.6) is 0 Å². The summed E-state index contributed by atoms with van der Waals surface area (Å²) in [6.07, 6.45) is -0.319. The second-order valence-electron chi connectivity index (χ2n) is 2.72. The van der Waals surface area contributed by atoms with Crippen LogP contribution in [0.4, 0.5) is 4.79 Å². The van der Waals surface area contributed by atoms with Gasteiger partial charge in [-0.2, -0.15) is 0 Å². The number of nitrogens with zero attached hydrogens (tertiary/aromatic N) is 2. The summed E-state index contributed by atoms with van der Waals surface area (Å²) in [7, 11) is 0. The molecular formula is C9H6N2O3. The zero-order chi connectivity index (χ0) is 10.1. The lowest BCUT2D eigenvalue weighted by Gasteiger charge is -1.99. The Balaban J connectivity index is 2.89. The molecule has 1 aromatic heterocycles. The molecule has 0 amide bonds. The Morgan fingerprint density at radius 1 is 1.36 bits per heavy atom. The topological polar surface area (TPSA) is 72.2 Å². The molecule has 2 rings (SSSR count). The number of carbonyl (C=O) groups is 1. The molecule has 1 aromatic carbocycles. The van der Waals surface area contributed by atoms with Crippen molar-refractivity contribution >= 4 is 17.0 Å². The Kier molecular flexibility index (Phi) is 1.78. The Morgan fingerprint density at radius 2 is 2.07 bits per heavy atom. The van der Waals surface area contributed by atoms with E-state index < -0.39 is 11.7 Å². The molecule has 0 atom stereocenters. The largest absolute Gasteiger partial charge is 0.464 e. The zero-order valence-electron chi connectivity index (χ0n) is 7.04. The summed E-state index contributed by atoms with van der Waals surface area (Å²) >= 11 is 0. The normalized spacial score (nSPS) is 10.3. The highest BCUT2D eigenvalue weighted by molar-refractivity contribution is 5.79. The fraction of sp³-hybridized carbons (Fsp3) is 0. The quantitative estimate of drug-likeness (QED) is 0.670. The highest BCUT2D eigenvalue weighted by Crippen LogP contribution is 2.03. The fourth-order valence-electron chi connectivity index (χ4n) is 1.21. The smallest absolute Gasteiger partial charge is 0.419 e. The number of hydrogen-bond donors (Lipinski definition) is 1. The predicted molar refractivity (Wildman–Crippen MR) is 49.4 cm³/mol. The van der Waals surface area contributed by atoms with Crippen LogP contribution in [0.25, 0.3) is 10.9 Å². The summed E-state index contributed by atoms with van der Waals surface area (Å²) in [4.78, 5) is 25.9. The molecule has 5 heteroatoms. The number of carboxylic acid groups (broad SMARTS) is 1. The van der Waals surface area contributed by atoms with Gasteiger partial charge >= 0.3 is 6.09 Å². The number of benzene rings is 1. The molecule has 0 unspecified atom stereocenters. The fourth-order valence-corrected chi connectivity index (χ4v) is 1.21. The molecular weight excluding hydrogens is 184 g/mol. The highest BCUT2D eigenvalue weighted by Gasteiger charge is 2.07. The van der Waals surface area contributed by atoms with Gasteiger partial charge in [0.05, 0.1) is 10.9 Å². The van der Waals surface area contributed by atoms with E-state index in [0.717, 1.165) is 6.33 Å². The lowest BCUT2D eigenvalue weighted by Crippen LogP contribution is -2.25. The van der Waals surface area contributed by atoms with E-state index in [2.05, 4.69) is 4.98 Å². The van der Waals surface area contributed by atoms with Crippen LogP contribution >= 0.6 is 0 Å². The van der Waals surface area contributed by atoms with Crippen molar-refractivity contribution in [3.63, 3.8) is 0 Å². The van der Waals surface area contributed by atoms with Crippen molar-refractivity contribution in [1.82, 2.24) is 9.55 Å². The van der Waals surface area contributed by atoms with Crippen LogP contribution in [0.2, 0.25) is 0 Å². The maximum atomic E-state index is 11.5. The van der Waals surface area contributed by atoms with Crippen LogP contribution in [0.1, 0.15) is 0 Å². The summed E-state index contributed by atoms with van der Waals surface area (Å²) < 4.78 is 0.558. The van der Waals surface area contributed by atoms with Crippen molar-refractivity contribution < 1.29 is 9.90 Å². The van der Waals surface area contributed by atoms with Gasteiger partial charge in [0.25, 0.3) is 5.56 Å². The van der Waals surface area contributed by atoms with Crippen LogP contribution < -0.4 is 5.56 Å². The SMILES string of the molecule is O=C(O)n1cnc2ccccc2c1=O. The Labute approximate surface area is 78.2 Å². The minimum absolute atomic E-state index is 0.303. The van der Waals surface area contributed by atoms with Gasteiger partial charge in [0.1, 0.15) is 6.33 Å². The van der Waals surface area contributed by atoms with E-state index in [4.69, 9.17) is 5.11 Å². The van der Waals surface area contributed by atoms with Gasteiger partial charge in [-0.1, -0.05) is 12.1 Å². The van der Waals surface area contributed by atoms with E-state index >= 15 is 0 Å². The van der Waals surface area contributed by atoms with Crippen LogP contribution in [0, 0.1) is 0 Å². The van der Waals surface area contributed by atoms with Crippen molar-refractivity contribution in [3.8, 4) is 0 Å². The van der Waals surface area contributed by atoms with Crippen LogP contribution in [0.3, 0.4) is 0 Å². The number of rotatable bonds is 0. The molecule has 0 aliphatic carbocycles. The molecule has 0 saturated heterocycles. The molecule has 0 bridgehead atoms. The molecule has 70 valence electrons. The summed E-state index contributed by atoms with van der Waals surface area (Å²) in [6.45, 7) is 0. The van der Waals surface area contributed by atoms with Gasteiger partial charge < -0.3 is 5.11 Å². The third-order valence-electron chi connectivity index (χ3n) is 1.87. The first-order chi connectivity index (χ1) is 6.70. The van der Waals surface area contributed by atoms with E-state index in [1.807, 2.05) is 0 Å². The van der Waals surface area contributed by atoms with Gasteiger partial charge in [-0.05, 0) is 12.1 Å². The summed E-state index contributed by atoms with van der Waals surface area (Å²) in [5.41, 5.74) is -0.0712. The first-order valence-corrected chi connectivity index (χ1v) is 3.90. The highest BCUT2D eigenvalue weighted by atomic mass is 16.4. The molecule has 0 aliphatic rings. The molecule has 0 aliphatic heterocycles. The average molecular weight is 190 g/mol. The summed E-state index contributed by atoms with van der Waals surface area (Å²) in [5.74, 6) is 0. The van der Waals surface area contributed by atoms with Gasteiger partial charge in [-0.3, -0.25) is 4.79 Å². The molecule has 5 nitrogen and oxygen atoms in total. The minimum atomic E-state index is -1.33. The van der Waals surface area contributed by atoms with Gasteiger partial charge in [-0.15, -0.1) is 0 Å². The number of hydrogen-bond acceptors (Lipinski definition) is 3. The number of aromatic nitrogens is 2. The molecule has 0 fully saturated rings. The minimum Gasteiger partial charge on any atom is -0.464 e. The second kappa shape index (κ2) is 2.95. The molecule has 1 heterocycles. The first kappa shape index (κ1) is 8.43. The van der Waals surface area contributed by atoms with Crippen molar-refractivity contribution in [1.29, 1.82) is 0 Å². The molecule has 0 spiro atoms.